The number of anilines is 1. The predicted octanol–water partition coefficient (Wildman–Crippen LogP) is 4.10. The molecule has 226 valence electrons. The van der Waals surface area contributed by atoms with E-state index in [9.17, 15) is 14.0 Å². The monoisotopic (exact) mass is 577 g/mol. The maximum absolute atomic E-state index is 14.6. The molecule has 2 bridgehead atoms. The lowest BCUT2D eigenvalue weighted by atomic mass is 9.42. The highest BCUT2D eigenvalue weighted by atomic mass is 19.1. The van der Waals surface area contributed by atoms with Crippen LogP contribution < -0.4 is 10.4 Å². The Balaban J connectivity index is 1.07. The first-order chi connectivity index (χ1) is 19.9. The fourth-order valence-corrected chi connectivity index (χ4v) is 9.25. The number of hydrogen-bond acceptors (Lipinski definition) is 5. The van der Waals surface area contributed by atoms with Crippen molar-refractivity contribution in [2.45, 2.75) is 126 Å². The zero-order valence-electron chi connectivity index (χ0n) is 25.7. The molecule has 8 aliphatic rings. The smallest absolute Gasteiger partial charge is 0.399 e. The molecular formula is C33H45BFN3O4. The summed E-state index contributed by atoms with van der Waals surface area (Å²) in [7, 11) is -0.484. The summed E-state index contributed by atoms with van der Waals surface area (Å²) >= 11 is 0. The number of amides is 2. The summed E-state index contributed by atoms with van der Waals surface area (Å²) in [5, 5.41) is 0. The number of carbonyl (C=O) groups is 2. The number of carbonyl (C=O) groups excluding carboxylic acids is 2. The van der Waals surface area contributed by atoms with Crippen LogP contribution in [0.25, 0.3) is 0 Å². The second-order valence-electron chi connectivity index (χ2n) is 15.8. The van der Waals surface area contributed by atoms with E-state index < -0.39 is 34.8 Å². The van der Waals surface area contributed by atoms with Crippen molar-refractivity contribution in [1.82, 2.24) is 9.80 Å². The second kappa shape index (κ2) is 8.82. The summed E-state index contributed by atoms with van der Waals surface area (Å²) in [6, 6.07) is 7.12. The minimum atomic E-state index is -1.09. The Morgan fingerprint density at radius 1 is 0.905 bits per heavy atom. The number of nitrogens with zero attached hydrogens (tertiary/aromatic N) is 3. The Bertz CT molecular complexity index is 1290. The molecule has 4 saturated carbocycles. The molecule has 0 radical (unpaired) electrons. The Labute approximate surface area is 249 Å². The van der Waals surface area contributed by atoms with Crippen LogP contribution in [0.15, 0.2) is 18.2 Å². The highest BCUT2D eigenvalue weighted by Crippen LogP contribution is 2.70. The van der Waals surface area contributed by atoms with Crippen molar-refractivity contribution in [2.24, 2.45) is 5.41 Å². The molecule has 9 heteroatoms. The van der Waals surface area contributed by atoms with Gasteiger partial charge in [-0.3, -0.25) is 9.59 Å². The van der Waals surface area contributed by atoms with Crippen LogP contribution in [0.3, 0.4) is 0 Å². The molecule has 0 atom stereocenters. The number of hydrogen-bond donors (Lipinski definition) is 0. The van der Waals surface area contributed by atoms with E-state index >= 15 is 0 Å². The molecule has 2 amide bonds. The Morgan fingerprint density at radius 2 is 1.52 bits per heavy atom. The van der Waals surface area contributed by atoms with Crippen LogP contribution in [0.5, 0.6) is 0 Å². The van der Waals surface area contributed by atoms with Crippen LogP contribution in [0, 0.1) is 5.41 Å². The lowest BCUT2D eigenvalue weighted by molar-refractivity contribution is -0.222. The molecule has 4 heterocycles. The highest BCUT2D eigenvalue weighted by Gasteiger charge is 2.73. The summed E-state index contributed by atoms with van der Waals surface area (Å²) in [4.78, 5) is 34.6. The average molecular weight is 578 g/mol. The second-order valence-corrected chi connectivity index (χ2v) is 15.8. The van der Waals surface area contributed by atoms with Gasteiger partial charge in [-0.05, 0) is 116 Å². The Hall–Kier alpha value is -1.97. The third-order valence-electron chi connectivity index (χ3n) is 12.6. The molecule has 0 unspecified atom stereocenters. The fraction of sp³-hybridized carbons (Fsp3) is 0.758. The number of likely N-dealkylation sites (tertiary alicyclic amines) is 2. The van der Waals surface area contributed by atoms with Gasteiger partial charge in [0.2, 0.25) is 11.8 Å². The highest BCUT2D eigenvalue weighted by molar-refractivity contribution is 6.62. The quantitative estimate of drug-likeness (QED) is 0.505. The zero-order valence-corrected chi connectivity index (χ0v) is 25.7. The van der Waals surface area contributed by atoms with Crippen molar-refractivity contribution in [2.75, 3.05) is 31.1 Å². The fourth-order valence-electron chi connectivity index (χ4n) is 9.25. The van der Waals surface area contributed by atoms with Gasteiger partial charge in [-0.1, -0.05) is 18.6 Å². The van der Waals surface area contributed by atoms with Gasteiger partial charge >= 0.3 is 7.12 Å². The van der Waals surface area contributed by atoms with Gasteiger partial charge in [0, 0.05) is 30.9 Å². The van der Waals surface area contributed by atoms with Gasteiger partial charge in [-0.2, -0.15) is 0 Å². The number of benzene rings is 1. The molecule has 42 heavy (non-hydrogen) atoms. The van der Waals surface area contributed by atoms with Gasteiger partial charge in [0.1, 0.15) is 5.67 Å². The lowest BCUT2D eigenvalue weighted by Crippen LogP contribution is -2.71. The van der Waals surface area contributed by atoms with Crippen molar-refractivity contribution < 1.29 is 23.3 Å². The standard InChI is InChI=1S/C33H45BFN3O4/c1-29(2)30(3,4)42-34(41-29)22-8-9-25-26(16-22)38(24-17-23(18-24)36-12-6-5-7-13-36)28(40)33(25)10-14-37(15-11-33)27(39)31-19-32(35,20-31)21-31/h8-9,16,23-24H,5-7,10-15,17-21H2,1-4H3. The Kier molecular flexibility index (Phi) is 5.79. The van der Waals surface area contributed by atoms with Gasteiger partial charge in [0.15, 0.2) is 0 Å². The molecule has 7 fully saturated rings. The van der Waals surface area contributed by atoms with Crippen molar-refractivity contribution in [1.29, 1.82) is 0 Å². The molecule has 3 saturated heterocycles. The van der Waals surface area contributed by atoms with Crippen LogP contribution in [0.4, 0.5) is 10.1 Å². The molecule has 1 aromatic carbocycles. The van der Waals surface area contributed by atoms with Crippen LogP contribution in [-0.2, 0) is 24.3 Å². The molecule has 1 spiro atoms. The van der Waals surface area contributed by atoms with Crippen LogP contribution in [0.2, 0.25) is 0 Å². The van der Waals surface area contributed by atoms with E-state index in [2.05, 4.69) is 55.7 Å². The van der Waals surface area contributed by atoms with Crippen molar-refractivity contribution >= 4 is 30.1 Å². The van der Waals surface area contributed by atoms with E-state index in [1.165, 1.54) is 32.4 Å². The van der Waals surface area contributed by atoms with Crippen LogP contribution in [0.1, 0.15) is 97.5 Å². The predicted molar refractivity (Wildman–Crippen MR) is 159 cm³/mol. The molecule has 9 rings (SSSR count). The SMILES string of the molecule is CC1(C)OB(c2ccc3c(c2)N(C2CC(N4CCCCC4)C2)C(=O)C32CCN(C(=O)C34CC(F)(C3)C4)CC2)OC1(C)C. The molecule has 4 aliphatic carbocycles. The number of fused-ring (bicyclic) bond motifs is 2. The van der Waals surface area contributed by atoms with E-state index in [4.69, 9.17) is 9.31 Å². The summed E-state index contributed by atoms with van der Waals surface area (Å²) in [5.41, 5.74) is 0.00733. The Morgan fingerprint density at radius 3 is 2.12 bits per heavy atom. The van der Waals surface area contributed by atoms with Gasteiger partial charge in [-0.15, -0.1) is 0 Å². The third kappa shape index (κ3) is 3.74. The third-order valence-corrected chi connectivity index (χ3v) is 12.6. The molecular weight excluding hydrogens is 532 g/mol. The maximum atomic E-state index is 14.6. The maximum Gasteiger partial charge on any atom is 0.494 e. The van der Waals surface area contributed by atoms with Crippen molar-refractivity contribution in [3.8, 4) is 0 Å². The first kappa shape index (κ1) is 27.6. The van der Waals surface area contributed by atoms with E-state index in [-0.39, 0.29) is 17.9 Å². The van der Waals surface area contributed by atoms with Gasteiger partial charge in [-0.25, -0.2) is 4.39 Å². The summed E-state index contributed by atoms with van der Waals surface area (Å²) in [6.45, 7) is 11.7. The zero-order chi connectivity index (χ0) is 29.3. The number of piperidine rings is 2. The van der Waals surface area contributed by atoms with E-state index in [0.29, 0.717) is 51.2 Å². The molecule has 7 nitrogen and oxygen atoms in total. The average Bonchev–Trinajstić information content (AvgIpc) is 3.26. The van der Waals surface area contributed by atoms with Crippen molar-refractivity contribution in [3.05, 3.63) is 23.8 Å². The van der Waals surface area contributed by atoms with Crippen molar-refractivity contribution in [3.63, 3.8) is 0 Å². The number of rotatable bonds is 4. The minimum Gasteiger partial charge on any atom is -0.399 e. The molecule has 4 aliphatic heterocycles. The summed E-state index contributed by atoms with van der Waals surface area (Å²) < 4.78 is 27.0. The molecule has 1 aromatic rings. The topological polar surface area (TPSA) is 62.3 Å². The minimum absolute atomic E-state index is 0.110. The first-order valence-corrected chi connectivity index (χ1v) is 16.4. The molecule has 0 aromatic heterocycles. The van der Waals surface area contributed by atoms with E-state index in [0.717, 1.165) is 29.6 Å². The van der Waals surface area contributed by atoms with E-state index in [1.54, 1.807) is 0 Å². The van der Waals surface area contributed by atoms with Gasteiger partial charge in [0.25, 0.3) is 0 Å². The lowest BCUT2D eigenvalue weighted by Gasteiger charge is -2.65. The number of alkyl halides is 1. The normalized spacial score (nSPS) is 37.7. The van der Waals surface area contributed by atoms with Crippen LogP contribution in [-0.4, -0.2) is 83.9 Å². The summed E-state index contributed by atoms with van der Waals surface area (Å²) in [6.07, 6.45) is 8.30. The van der Waals surface area contributed by atoms with Gasteiger partial charge < -0.3 is 24.0 Å². The molecule has 0 N–H and O–H groups in total. The number of halogens is 1. The van der Waals surface area contributed by atoms with E-state index in [1.807, 2.05) is 4.90 Å². The first-order valence-electron chi connectivity index (χ1n) is 16.4. The summed E-state index contributed by atoms with van der Waals surface area (Å²) in [5.74, 6) is 0.310. The largest absolute Gasteiger partial charge is 0.494 e. The van der Waals surface area contributed by atoms with Crippen LogP contribution >= 0.6 is 0 Å². The van der Waals surface area contributed by atoms with Gasteiger partial charge in [0.05, 0.1) is 22.0 Å².